The lowest BCUT2D eigenvalue weighted by molar-refractivity contribution is 0.0760. The molecule has 3 heterocycles. The lowest BCUT2D eigenvalue weighted by atomic mass is 9.99. The van der Waals surface area contributed by atoms with Gasteiger partial charge in [-0.2, -0.15) is 10.4 Å². The Balaban J connectivity index is 1.87. The first-order valence-corrected chi connectivity index (χ1v) is 9.55. The highest BCUT2D eigenvalue weighted by Gasteiger charge is 2.24. The summed E-state index contributed by atoms with van der Waals surface area (Å²) in [6.07, 6.45) is 1.03. The molecule has 2 aromatic heterocycles. The summed E-state index contributed by atoms with van der Waals surface area (Å²) >= 11 is 0. The molecule has 1 aromatic carbocycles. The van der Waals surface area contributed by atoms with Crippen molar-refractivity contribution in [2.75, 3.05) is 18.9 Å². The van der Waals surface area contributed by atoms with Crippen molar-refractivity contribution in [1.82, 2.24) is 19.7 Å². The number of Topliss-reactive ketones (excluding diaryl/α,β-unsaturated/α-hetero) is 1. The molecule has 4 rings (SSSR count). The van der Waals surface area contributed by atoms with Crippen molar-refractivity contribution in [2.24, 2.45) is 7.05 Å². The van der Waals surface area contributed by atoms with Crippen LogP contribution >= 0.6 is 0 Å². The van der Waals surface area contributed by atoms with E-state index in [-0.39, 0.29) is 30.7 Å². The minimum atomic E-state index is -0.756. The predicted molar refractivity (Wildman–Crippen MR) is 108 cm³/mol. The number of carbonyl (C=O) groups is 1. The number of nitrogen functional groups attached to an aromatic ring is 1. The second-order valence-electron chi connectivity index (χ2n) is 7.07. The molecule has 0 amide bonds. The van der Waals surface area contributed by atoms with Gasteiger partial charge < -0.3 is 15.2 Å². The number of benzene rings is 1. The Hall–Kier alpha value is -3.84. The number of fused-ring (bicyclic) bond motifs is 5. The third kappa shape index (κ3) is 3.83. The first-order valence-electron chi connectivity index (χ1n) is 9.55. The fourth-order valence-electron chi connectivity index (χ4n) is 3.51. The number of rotatable bonds is 0. The van der Waals surface area contributed by atoms with Crippen LogP contribution in [0.3, 0.4) is 0 Å². The fraction of sp³-hybridized carbons (Fsp3) is 0.286. The summed E-state index contributed by atoms with van der Waals surface area (Å²) < 4.78 is 26.8. The zero-order chi connectivity index (χ0) is 22.1. The van der Waals surface area contributed by atoms with Crippen molar-refractivity contribution in [1.29, 1.82) is 5.26 Å². The van der Waals surface area contributed by atoms with Crippen LogP contribution in [0.2, 0.25) is 0 Å². The number of aromatic nitrogens is 4. The maximum Gasteiger partial charge on any atom is 0.258 e. The molecule has 1 aliphatic heterocycles. The molecule has 10 heteroatoms. The number of halogens is 1. The van der Waals surface area contributed by atoms with E-state index in [2.05, 4.69) is 21.1 Å². The Morgan fingerprint density at radius 3 is 2.97 bits per heavy atom. The van der Waals surface area contributed by atoms with Gasteiger partial charge in [0, 0.05) is 24.6 Å². The molecule has 0 saturated carbocycles. The van der Waals surface area contributed by atoms with Gasteiger partial charge in [0.15, 0.2) is 11.6 Å². The molecule has 158 valence electrons. The van der Waals surface area contributed by atoms with Crippen LogP contribution < -0.4 is 10.5 Å². The van der Waals surface area contributed by atoms with Crippen molar-refractivity contribution in [3.63, 3.8) is 0 Å². The van der Waals surface area contributed by atoms with E-state index >= 15 is 0 Å². The quantitative estimate of drug-likeness (QED) is 0.585. The number of hydrogen-bond acceptors (Lipinski definition) is 8. The topological polar surface area (TPSA) is 129 Å². The number of nitrogens with zero attached hydrogens (tertiary/aromatic N) is 5. The first-order chi connectivity index (χ1) is 14.9. The summed E-state index contributed by atoms with van der Waals surface area (Å²) in [7, 11) is 1.65. The third-order valence-corrected chi connectivity index (χ3v) is 5.01. The molecule has 2 N–H and O–H groups in total. The van der Waals surface area contributed by atoms with Crippen molar-refractivity contribution < 1.29 is 18.7 Å². The average molecular weight is 422 g/mol. The van der Waals surface area contributed by atoms with Crippen LogP contribution in [0.15, 0.2) is 24.4 Å². The van der Waals surface area contributed by atoms with Crippen molar-refractivity contribution in [3.8, 4) is 23.2 Å². The number of aryl methyl sites for hydroxylation is 1. The van der Waals surface area contributed by atoms with Crippen molar-refractivity contribution in [3.05, 3.63) is 52.7 Å². The maximum atomic E-state index is 13.9. The van der Waals surface area contributed by atoms with Crippen molar-refractivity contribution in [2.45, 2.75) is 19.4 Å². The second-order valence-corrected chi connectivity index (χ2v) is 7.07. The molecule has 0 saturated heterocycles. The molecular formula is C21H19FN6O3. The van der Waals surface area contributed by atoms with Gasteiger partial charge in [-0.3, -0.25) is 9.48 Å². The zero-order valence-corrected chi connectivity index (χ0v) is 16.9. The first kappa shape index (κ1) is 20.4. The van der Waals surface area contributed by atoms with E-state index in [0.717, 1.165) is 0 Å². The van der Waals surface area contributed by atoms with Gasteiger partial charge in [-0.15, -0.1) is 0 Å². The Morgan fingerprint density at radius 2 is 2.19 bits per heavy atom. The van der Waals surface area contributed by atoms with Gasteiger partial charge in [0.05, 0.1) is 29.8 Å². The number of anilines is 1. The molecular weight excluding hydrogens is 403 g/mol. The van der Waals surface area contributed by atoms with E-state index in [1.807, 2.05) is 0 Å². The van der Waals surface area contributed by atoms with Gasteiger partial charge in [0.25, 0.3) is 5.88 Å². The monoisotopic (exact) mass is 422 g/mol. The smallest absolute Gasteiger partial charge is 0.258 e. The standard InChI is InChI=1S/C21H19FN6O3/c1-11-14-7-12(22)3-4-13(14)18(29)10-30-6-5-15-19(17(8-23)28(2)27-15)16-9-25-20(24)21(26-16)31-11/h3-4,7,9,11H,5-6,10H2,1-2H3,(H2,24,25). The molecule has 0 fully saturated rings. The average Bonchev–Trinajstić information content (AvgIpc) is 3.07. The summed E-state index contributed by atoms with van der Waals surface area (Å²) in [4.78, 5) is 21.3. The molecule has 31 heavy (non-hydrogen) atoms. The predicted octanol–water partition coefficient (Wildman–Crippen LogP) is 2.37. The Morgan fingerprint density at radius 1 is 1.39 bits per heavy atom. The summed E-state index contributed by atoms with van der Waals surface area (Å²) in [5, 5.41) is 14.0. The lowest BCUT2D eigenvalue weighted by Crippen LogP contribution is -2.17. The van der Waals surface area contributed by atoms with Gasteiger partial charge in [0.1, 0.15) is 30.3 Å². The molecule has 3 aromatic rings. The minimum Gasteiger partial charge on any atom is -0.467 e. The Labute approximate surface area is 177 Å². The fourth-order valence-corrected chi connectivity index (χ4v) is 3.51. The van der Waals surface area contributed by atoms with Crippen molar-refractivity contribution >= 4 is 11.6 Å². The number of ketones is 1. The van der Waals surface area contributed by atoms with E-state index in [1.54, 1.807) is 14.0 Å². The Bertz CT molecular complexity index is 1220. The Kier molecular flexibility index (Phi) is 5.35. The van der Waals surface area contributed by atoms with Crippen LogP contribution in [0.1, 0.15) is 40.3 Å². The highest BCUT2D eigenvalue weighted by molar-refractivity contribution is 5.98. The summed E-state index contributed by atoms with van der Waals surface area (Å²) in [5.74, 6) is -0.774. The maximum absolute atomic E-state index is 13.9. The van der Waals surface area contributed by atoms with E-state index in [0.29, 0.717) is 40.2 Å². The zero-order valence-electron chi connectivity index (χ0n) is 16.9. The highest BCUT2D eigenvalue weighted by atomic mass is 19.1. The summed E-state index contributed by atoms with van der Waals surface area (Å²) in [6.45, 7) is 1.66. The highest BCUT2D eigenvalue weighted by Crippen LogP contribution is 2.32. The largest absolute Gasteiger partial charge is 0.467 e. The summed E-state index contributed by atoms with van der Waals surface area (Å²) in [5.41, 5.74) is 8.32. The molecule has 2 bridgehead atoms. The molecule has 1 unspecified atom stereocenters. The van der Waals surface area contributed by atoms with Gasteiger partial charge in [0.2, 0.25) is 0 Å². The molecule has 9 nitrogen and oxygen atoms in total. The van der Waals surface area contributed by atoms with Gasteiger partial charge >= 0.3 is 0 Å². The number of nitriles is 1. The molecule has 0 radical (unpaired) electrons. The summed E-state index contributed by atoms with van der Waals surface area (Å²) in [6, 6.07) is 5.98. The normalized spacial score (nSPS) is 16.5. The van der Waals surface area contributed by atoms with Crippen LogP contribution in [0.5, 0.6) is 5.88 Å². The van der Waals surface area contributed by atoms with Crippen LogP contribution in [0.4, 0.5) is 10.2 Å². The minimum absolute atomic E-state index is 0.0136. The van der Waals surface area contributed by atoms with Crippen LogP contribution in [-0.2, 0) is 18.2 Å². The second kappa shape index (κ2) is 8.12. The molecule has 0 spiro atoms. The number of ether oxygens (including phenoxy) is 2. The van der Waals surface area contributed by atoms with E-state index in [9.17, 15) is 14.4 Å². The number of hydrogen-bond donors (Lipinski definition) is 1. The van der Waals surface area contributed by atoms with Crippen LogP contribution in [0.25, 0.3) is 11.3 Å². The number of nitrogens with two attached hydrogens (primary N) is 1. The SMILES string of the molecule is CC1Oc2nc(cnc2N)-c2c(nn(C)c2C#N)CCOCC(=O)c2ccc(F)cc21. The number of carbonyl (C=O) groups excluding carboxylic acids is 1. The van der Waals surface area contributed by atoms with E-state index in [1.165, 1.54) is 29.1 Å². The van der Waals surface area contributed by atoms with Gasteiger partial charge in [-0.05, 0) is 25.1 Å². The van der Waals surface area contributed by atoms with Gasteiger partial charge in [-0.25, -0.2) is 14.4 Å². The van der Waals surface area contributed by atoms with Crippen LogP contribution in [-0.4, -0.2) is 38.7 Å². The molecule has 1 aliphatic rings. The lowest BCUT2D eigenvalue weighted by Gasteiger charge is -2.19. The third-order valence-electron chi connectivity index (χ3n) is 5.01. The molecule has 1 atom stereocenters. The van der Waals surface area contributed by atoms with E-state index in [4.69, 9.17) is 15.2 Å². The van der Waals surface area contributed by atoms with E-state index < -0.39 is 11.9 Å². The van der Waals surface area contributed by atoms with Crippen LogP contribution in [0, 0.1) is 17.1 Å². The van der Waals surface area contributed by atoms with Gasteiger partial charge in [-0.1, -0.05) is 0 Å². The molecule has 0 aliphatic carbocycles.